The molecule has 0 atom stereocenters. The van der Waals surface area contributed by atoms with Crippen LogP contribution >= 0.6 is 0 Å². The van der Waals surface area contributed by atoms with Crippen molar-refractivity contribution in [3.8, 4) is 0 Å². The van der Waals surface area contributed by atoms with Crippen LogP contribution in [0.3, 0.4) is 0 Å². The average Bonchev–Trinajstić information content (AvgIpc) is 2.15. The van der Waals surface area contributed by atoms with Crippen LogP contribution in [0.2, 0.25) is 0 Å². The number of carbonyl (C=O) groups is 2. The Balaban J connectivity index is 3.10. The van der Waals surface area contributed by atoms with Crippen LogP contribution in [-0.4, -0.2) is 27.6 Å². The highest BCUT2D eigenvalue weighted by Crippen LogP contribution is 2.25. The molecule has 17 heavy (non-hydrogen) atoms. The predicted octanol–water partition coefficient (Wildman–Crippen LogP) is 1.22. The van der Waals surface area contributed by atoms with Crippen LogP contribution in [0.1, 0.15) is 20.3 Å². The van der Waals surface area contributed by atoms with Gasteiger partial charge < -0.3 is 10.8 Å². The lowest BCUT2D eigenvalue weighted by atomic mass is 9.98. The first-order valence-corrected chi connectivity index (χ1v) is 5.06. The number of carbonyl (C=O) groups excluding carboxylic acids is 1. The molecule has 0 radical (unpaired) electrons. The fourth-order valence-electron chi connectivity index (χ4n) is 1.71. The summed E-state index contributed by atoms with van der Waals surface area (Å²) in [7, 11) is 0. The molecule has 0 unspecified atom stereocenters. The highest BCUT2D eigenvalue weighted by Gasteiger charge is 2.33. The smallest absolute Gasteiger partial charge is 0.319 e. The van der Waals surface area contributed by atoms with E-state index >= 15 is 0 Å². The number of urea groups is 1. The van der Waals surface area contributed by atoms with E-state index in [1.54, 1.807) is 32.2 Å². The van der Waals surface area contributed by atoms with Gasteiger partial charge in [-0.25, -0.2) is 4.79 Å². The molecule has 1 aromatic rings. The molecule has 0 aliphatic rings. The molecule has 0 saturated carbocycles. The Labute approximate surface area is 99.1 Å². The van der Waals surface area contributed by atoms with Gasteiger partial charge in [0.1, 0.15) is 0 Å². The normalized spacial score (nSPS) is 10.9. The minimum Gasteiger partial charge on any atom is -0.481 e. The van der Waals surface area contributed by atoms with Crippen molar-refractivity contribution in [1.29, 1.82) is 0 Å². The molecule has 92 valence electrons. The molecule has 0 aliphatic carbocycles. The number of carboxylic acid groups (broad SMARTS) is 1. The number of rotatable bonds is 4. The van der Waals surface area contributed by atoms with E-state index in [1.807, 2.05) is 0 Å². The van der Waals surface area contributed by atoms with Crippen molar-refractivity contribution in [3.63, 3.8) is 0 Å². The molecule has 0 fully saturated rings. The summed E-state index contributed by atoms with van der Waals surface area (Å²) in [5, 5.41) is 8.83. The summed E-state index contributed by atoms with van der Waals surface area (Å²) >= 11 is 0. The van der Waals surface area contributed by atoms with Gasteiger partial charge in [-0.05, 0) is 26.0 Å². The summed E-state index contributed by atoms with van der Waals surface area (Å²) in [4.78, 5) is 27.3. The number of nitrogens with two attached hydrogens (primary N) is 1. The second-order valence-electron chi connectivity index (χ2n) is 4.27. The number of pyridine rings is 1. The zero-order chi connectivity index (χ0) is 13.1. The third-order valence-electron chi connectivity index (χ3n) is 2.31. The number of hydrogen-bond acceptors (Lipinski definition) is 3. The standard InChI is InChI=1S/C11H15N3O3/c1-11(2,6-9(15)16)14(10(12)17)8-4-3-5-13-7-8/h3-5,7H,6H2,1-2H3,(H2,12,17)(H,15,16). The maximum absolute atomic E-state index is 11.5. The third kappa shape index (κ3) is 3.17. The van der Waals surface area contributed by atoms with Crippen molar-refractivity contribution < 1.29 is 14.7 Å². The van der Waals surface area contributed by atoms with Crippen LogP contribution in [0, 0.1) is 0 Å². The molecule has 3 N–H and O–H groups in total. The van der Waals surface area contributed by atoms with Gasteiger partial charge in [0.2, 0.25) is 0 Å². The number of anilines is 1. The fraction of sp³-hybridized carbons (Fsp3) is 0.364. The van der Waals surface area contributed by atoms with Crippen LogP contribution in [0.4, 0.5) is 10.5 Å². The van der Waals surface area contributed by atoms with Crippen LogP contribution in [-0.2, 0) is 4.79 Å². The highest BCUT2D eigenvalue weighted by molar-refractivity contribution is 5.92. The largest absolute Gasteiger partial charge is 0.481 e. The van der Waals surface area contributed by atoms with E-state index in [-0.39, 0.29) is 6.42 Å². The SMILES string of the molecule is CC(C)(CC(=O)O)N(C(N)=O)c1cccnc1. The Kier molecular flexibility index (Phi) is 3.67. The number of aliphatic carboxylic acids is 1. The van der Waals surface area contributed by atoms with E-state index in [4.69, 9.17) is 10.8 Å². The van der Waals surface area contributed by atoms with Gasteiger partial charge in [-0.2, -0.15) is 0 Å². The van der Waals surface area contributed by atoms with E-state index < -0.39 is 17.5 Å². The van der Waals surface area contributed by atoms with E-state index in [0.29, 0.717) is 5.69 Å². The number of hydrogen-bond donors (Lipinski definition) is 2. The molecule has 0 bridgehead atoms. The second kappa shape index (κ2) is 4.82. The Bertz CT molecular complexity index is 417. The Morgan fingerprint density at radius 2 is 2.18 bits per heavy atom. The zero-order valence-electron chi connectivity index (χ0n) is 9.75. The van der Waals surface area contributed by atoms with Gasteiger partial charge in [-0.15, -0.1) is 0 Å². The Morgan fingerprint density at radius 3 is 2.59 bits per heavy atom. The summed E-state index contributed by atoms with van der Waals surface area (Å²) in [6.07, 6.45) is 2.83. The summed E-state index contributed by atoms with van der Waals surface area (Å²) in [5.41, 5.74) is 4.86. The maximum Gasteiger partial charge on any atom is 0.319 e. The number of carboxylic acids is 1. The van der Waals surface area contributed by atoms with Crippen LogP contribution in [0.25, 0.3) is 0 Å². The summed E-state index contributed by atoms with van der Waals surface area (Å²) in [5.74, 6) is -0.995. The molecule has 6 nitrogen and oxygen atoms in total. The van der Waals surface area contributed by atoms with Crippen molar-refractivity contribution in [1.82, 2.24) is 4.98 Å². The van der Waals surface area contributed by atoms with Crippen molar-refractivity contribution >= 4 is 17.7 Å². The van der Waals surface area contributed by atoms with Gasteiger partial charge in [-0.1, -0.05) is 0 Å². The summed E-state index contributed by atoms with van der Waals surface area (Å²) in [6, 6.07) is 2.60. The van der Waals surface area contributed by atoms with Gasteiger partial charge in [-0.3, -0.25) is 14.7 Å². The lowest BCUT2D eigenvalue weighted by Gasteiger charge is -2.36. The van der Waals surface area contributed by atoms with E-state index in [1.165, 1.54) is 11.1 Å². The highest BCUT2D eigenvalue weighted by atomic mass is 16.4. The van der Waals surface area contributed by atoms with Gasteiger partial charge in [0.05, 0.1) is 23.8 Å². The van der Waals surface area contributed by atoms with Crippen molar-refractivity contribution in [2.24, 2.45) is 5.73 Å². The lowest BCUT2D eigenvalue weighted by Crippen LogP contribution is -2.51. The number of aromatic nitrogens is 1. The monoisotopic (exact) mass is 237 g/mol. The third-order valence-corrected chi connectivity index (χ3v) is 2.31. The molecule has 0 saturated heterocycles. The van der Waals surface area contributed by atoms with Crippen molar-refractivity contribution in [2.45, 2.75) is 25.8 Å². The topological polar surface area (TPSA) is 96.5 Å². The maximum atomic E-state index is 11.5. The first-order valence-electron chi connectivity index (χ1n) is 5.06. The zero-order valence-corrected chi connectivity index (χ0v) is 9.75. The van der Waals surface area contributed by atoms with Gasteiger partial charge in [0.15, 0.2) is 0 Å². The first kappa shape index (κ1) is 13.0. The van der Waals surface area contributed by atoms with E-state index in [0.717, 1.165) is 0 Å². The van der Waals surface area contributed by atoms with Gasteiger partial charge >= 0.3 is 12.0 Å². The minimum atomic E-state index is -0.995. The summed E-state index contributed by atoms with van der Waals surface area (Å²) in [6.45, 7) is 3.28. The lowest BCUT2D eigenvalue weighted by molar-refractivity contribution is -0.138. The molecule has 0 aromatic carbocycles. The van der Waals surface area contributed by atoms with E-state index in [9.17, 15) is 9.59 Å². The van der Waals surface area contributed by atoms with Crippen LogP contribution < -0.4 is 10.6 Å². The predicted molar refractivity (Wildman–Crippen MR) is 62.6 cm³/mol. The van der Waals surface area contributed by atoms with Crippen LogP contribution in [0.5, 0.6) is 0 Å². The first-order chi connectivity index (χ1) is 7.84. The second-order valence-corrected chi connectivity index (χ2v) is 4.27. The summed E-state index contributed by atoms with van der Waals surface area (Å²) < 4.78 is 0. The van der Waals surface area contributed by atoms with Gasteiger partial charge in [0, 0.05) is 6.20 Å². The molecular formula is C11H15N3O3. The molecule has 0 spiro atoms. The van der Waals surface area contributed by atoms with Crippen molar-refractivity contribution in [3.05, 3.63) is 24.5 Å². The molecule has 1 rings (SSSR count). The Hall–Kier alpha value is -2.11. The van der Waals surface area contributed by atoms with Crippen LogP contribution in [0.15, 0.2) is 24.5 Å². The number of nitrogens with zero attached hydrogens (tertiary/aromatic N) is 2. The van der Waals surface area contributed by atoms with E-state index in [2.05, 4.69) is 4.98 Å². The fourth-order valence-corrected chi connectivity index (χ4v) is 1.71. The molecular weight excluding hydrogens is 222 g/mol. The molecule has 0 aliphatic heterocycles. The van der Waals surface area contributed by atoms with Crippen molar-refractivity contribution in [2.75, 3.05) is 4.90 Å². The number of amides is 2. The quantitative estimate of drug-likeness (QED) is 0.822. The average molecular weight is 237 g/mol. The molecule has 6 heteroatoms. The Morgan fingerprint density at radius 1 is 1.53 bits per heavy atom. The number of primary amides is 1. The molecule has 1 heterocycles. The molecule has 1 aromatic heterocycles. The minimum absolute atomic E-state index is 0.204. The molecule has 2 amide bonds. The van der Waals surface area contributed by atoms with Gasteiger partial charge in [0.25, 0.3) is 0 Å².